The number of halogens is 3. The first-order valence-corrected chi connectivity index (χ1v) is 15.1. The van der Waals surface area contributed by atoms with Crippen molar-refractivity contribution in [2.24, 2.45) is 0 Å². The summed E-state index contributed by atoms with van der Waals surface area (Å²) in [4.78, 5) is 28.5. The molecule has 0 fully saturated rings. The number of imidazole rings is 1. The van der Waals surface area contributed by atoms with Crippen molar-refractivity contribution in [1.29, 1.82) is 0 Å². The van der Waals surface area contributed by atoms with Gasteiger partial charge in [-0.15, -0.1) is 0 Å². The predicted octanol–water partition coefficient (Wildman–Crippen LogP) is 5.75. The number of carbonyl (C=O) groups is 2. The summed E-state index contributed by atoms with van der Waals surface area (Å²) in [7, 11) is -4.27. The molecule has 0 bridgehead atoms. The Morgan fingerprint density at radius 1 is 1.00 bits per heavy atom. The molecule has 0 aliphatic carbocycles. The molecule has 0 spiro atoms. The van der Waals surface area contributed by atoms with Gasteiger partial charge in [-0.1, -0.05) is 61.5 Å². The van der Waals surface area contributed by atoms with E-state index in [9.17, 15) is 36.3 Å². The van der Waals surface area contributed by atoms with Crippen LogP contribution in [0.3, 0.4) is 0 Å². The number of aromatic nitrogens is 2. The molecule has 1 amide bonds. The molecular weight excluding hydrogens is 591 g/mol. The number of carboxylic acid groups (broad SMARTS) is 1. The van der Waals surface area contributed by atoms with Crippen LogP contribution in [0.25, 0.3) is 11.1 Å². The van der Waals surface area contributed by atoms with Crippen molar-refractivity contribution in [1.82, 2.24) is 14.3 Å². The molecule has 0 saturated heterocycles. The summed E-state index contributed by atoms with van der Waals surface area (Å²) in [6.07, 6.45) is 0.750. The number of alkyl halides is 2. The second kappa shape index (κ2) is 13.3. The Morgan fingerprint density at radius 2 is 1.64 bits per heavy atom. The van der Waals surface area contributed by atoms with Crippen LogP contribution in [0.1, 0.15) is 40.8 Å². The second-order valence-electron chi connectivity index (χ2n) is 9.23. The molecule has 220 valence electrons. The highest BCUT2D eigenvalue weighted by Gasteiger charge is 2.26. The van der Waals surface area contributed by atoms with Crippen LogP contribution in [0.2, 0.25) is 0 Å². The lowest BCUT2D eigenvalue weighted by Crippen LogP contribution is -2.32. The van der Waals surface area contributed by atoms with Crippen molar-refractivity contribution < 1.29 is 36.3 Å². The third-order valence-corrected chi connectivity index (χ3v) is 8.32. The Balaban J connectivity index is 1.59. The molecule has 8 nitrogen and oxygen atoms in total. The lowest BCUT2D eigenvalue weighted by Gasteiger charge is -2.13. The highest BCUT2D eigenvalue weighted by Crippen LogP contribution is 2.31. The van der Waals surface area contributed by atoms with Gasteiger partial charge in [0.25, 0.3) is 15.8 Å². The zero-order valence-corrected chi connectivity index (χ0v) is 23.9. The van der Waals surface area contributed by atoms with Gasteiger partial charge in [-0.25, -0.2) is 27.3 Å². The summed E-state index contributed by atoms with van der Waals surface area (Å²) in [5, 5.41) is 9.50. The average molecular weight is 618 g/mol. The normalized spacial score (nSPS) is 11.5. The van der Waals surface area contributed by atoms with Crippen LogP contribution in [0, 0.1) is 5.82 Å². The molecule has 13 heteroatoms. The Kier molecular flexibility index (Phi) is 9.74. The molecule has 0 unspecified atom stereocenters. The summed E-state index contributed by atoms with van der Waals surface area (Å²) < 4.78 is 69.0. The van der Waals surface area contributed by atoms with Crippen molar-refractivity contribution in [2.75, 3.05) is 0 Å². The van der Waals surface area contributed by atoms with E-state index >= 15 is 0 Å². The molecule has 42 heavy (non-hydrogen) atoms. The highest BCUT2D eigenvalue weighted by atomic mass is 32.2. The fourth-order valence-electron chi connectivity index (χ4n) is 4.37. The number of thioether (sulfide) groups is 1. The first kappa shape index (κ1) is 30.8. The SMILES string of the molecule is CCCc1nc(SC(F)F)c(C(=O)O)n1Cc1ccc(-c2ccccc2S(=O)(=O)NC(=O)Cc2ccc(F)cc2)cc1. The lowest BCUT2D eigenvalue weighted by atomic mass is 10.0. The van der Waals surface area contributed by atoms with E-state index in [4.69, 9.17) is 0 Å². The molecule has 0 radical (unpaired) electrons. The number of amides is 1. The molecule has 2 N–H and O–H groups in total. The Morgan fingerprint density at radius 3 is 2.26 bits per heavy atom. The highest BCUT2D eigenvalue weighted by molar-refractivity contribution is 7.99. The number of carboxylic acids is 1. The number of hydrogen-bond donors (Lipinski definition) is 2. The quantitative estimate of drug-likeness (QED) is 0.194. The number of aromatic carboxylic acids is 1. The van der Waals surface area contributed by atoms with Crippen LogP contribution in [-0.2, 0) is 34.2 Å². The van der Waals surface area contributed by atoms with E-state index in [1.807, 2.05) is 6.92 Å². The predicted molar refractivity (Wildman–Crippen MR) is 151 cm³/mol. The Bertz CT molecular complexity index is 1690. The second-order valence-corrected chi connectivity index (χ2v) is 11.9. The van der Waals surface area contributed by atoms with Gasteiger partial charge in [0.15, 0.2) is 5.69 Å². The van der Waals surface area contributed by atoms with Crippen LogP contribution in [0.5, 0.6) is 0 Å². The van der Waals surface area contributed by atoms with Gasteiger partial charge in [-0.05, 0) is 53.1 Å². The number of sulfonamides is 1. The monoisotopic (exact) mass is 617 g/mol. The summed E-state index contributed by atoms with van der Waals surface area (Å²) in [6, 6.07) is 17.9. The van der Waals surface area contributed by atoms with Crippen LogP contribution in [0.4, 0.5) is 13.2 Å². The number of benzene rings is 3. The largest absolute Gasteiger partial charge is 0.476 e. The van der Waals surface area contributed by atoms with Crippen LogP contribution in [-0.4, -0.2) is 40.7 Å². The molecule has 3 aromatic carbocycles. The molecule has 0 aliphatic rings. The topological polar surface area (TPSA) is 118 Å². The van der Waals surface area contributed by atoms with E-state index < -0.39 is 33.5 Å². The summed E-state index contributed by atoms with van der Waals surface area (Å²) in [6.45, 7) is 1.92. The average Bonchev–Trinajstić information content (AvgIpc) is 3.26. The zero-order chi connectivity index (χ0) is 30.4. The molecule has 1 heterocycles. The maximum Gasteiger partial charge on any atom is 0.355 e. The fourth-order valence-corrected chi connectivity index (χ4v) is 6.22. The summed E-state index contributed by atoms with van der Waals surface area (Å²) in [5.41, 5.74) is 1.59. The summed E-state index contributed by atoms with van der Waals surface area (Å²) in [5.74, 6) is -5.09. The van der Waals surface area contributed by atoms with Gasteiger partial charge in [0.05, 0.1) is 11.3 Å². The van der Waals surface area contributed by atoms with E-state index in [-0.39, 0.29) is 40.3 Å². The maximum absolute atomic E-state index is 13.2. The molecule has 4 aromatic rings. The van der Waals surface area contributed by atoms with Crippen molar-refractivity contribution in [3.8, 4) is 11.1 Å². The van der Waals surface area contributed by atoms with Crippen LogP contribution in [0.15, 0.2) is 82.7 Å². The Hall–Kier alpha value is -4.10. The van der Waals surface area contributed by atoms with E-state index in [1.165, 1.54) is 41.0 Å². The van der Waals surface area contributed by atoms with E-state index in [1.54, 1.807) is 36.4 Å². The molecule has 0 aliphatic heterocycles. The van der Waals surface area contributed by atoms with Gasteiger partial charge in [-0.2, -0.15) is 8.78 Å². The van der Waals surface area contributed by atoms with Gasteiger partial charge in [0, 0.05) is 18.5 Å². The third kappa shape index (κ3) is 7.39. The number of hydrogen-bond acceptors (Lipinski definition) is 6. The van der Waals surface area contributed by atoms with Crippen molar-refractivity contribution in [2.45, 2.75) is 48.4 Å². The van der Waals surface area contributed by atoms with Gasteiger partial charge < -0.3 is 9.67 Å². The first-order chi connectivity index (χ1) is 20.0. The Labute approximate surface area is 244 Å². The molecule has 0 atom stereocenters. The van der Waals surface area contributed by atoms with E-state index in [0.29, 0.717) is 40.9 Å². The minimum atomic E-state index is -4.27. The van der Waals surface area contributed by atoms with Crippen molar-refractivity contribution >= 4 is 33.7 Å². The minimum Gasteiger partial charge on any atom is -0.476 e. The minimum absolute atomic E-state index is 0.0490. The van der Waals surface area contributed by atoms with Gasteiger partial charge in [0.1, 0.15) is 16.7 Å². The van der Waals surface area contributed by atoms with E-state index in [0.717, 1.165) is 0 Å². The number of rotatable bonds is 12. The number of aryl methyl sites for hydroxylation is 1. The van der Waals surface area contributed by atoms with Gasteiger partial charge >= 0.3 is 5.97 Å². The first-order valence-electron chi connectivity index (χ1n) is 12.7. The van der Waals surface area contributed by atoms with Crippen LogP contribution < -0.4 is 4.72 Å². The maximum atomic E-state index is 13.2. The van der Waals surface area contributed by atoms with Gasteiger partial charge in [-0.3, -0.25) is 4.79 Å². The van der Waals surface area contributed by atoms with Crippen molar-refractivity contribution in [3.63, 3.8) is 0 Å². The number of nitrogens with zero attached hydrogens (tertiary/aromatic N) is 2. The number of nitrogens with one attached hydrogen (secondary N) is 1. The summed E-state index contributed by atoms with van der Waals surface area (Å²) >= 11 is 0.0853. The fraction of sp³-hybridized carbons (Fsp3) is 0.207. The van der Waals surface area contributed by atoms with E-state index in [2.05, 4.69) is 9.71 Å². The molecule has 0 saturated carbocycles. The van der Waals surface area contributed by atoms with Crippen molar-refractivity contribution in [3.05, 3.63) is 101 Å². The standard InChI is InChI=1S/C29H26F3N3O5S2/c1-2-5-24-33-27(41-29(31)32)26(28(37)38)35(24)17-19-8-12-20(13-9-19)22-6-3-4-7-23(22)42(39,40)34-25(36)16-18-10-14-21(30)15-11-18/h3-4,6-15,29H,2,5,16-17H2,1H3,(H,34,36)(H,37,38). The molecule has 1 aromatic heterocycles. The number of carbonyl (C=O) groups excluding carboxylic acids is 1. The van der Waals surface area contributed by atoms with Crippen LogP contribution >= 0.6 is 11.8 Å². The molecule has 4 rings (SSSR count). The smallest absolute Gasteiger partial charge is 0.355 e. The molecular formula is C29H26F3N3O5S2. The zero-order valence-electron chi connectivity index (χ0n) is 22.3. The third-order valence-electron chi connectivity index (χ3n) is 6.20. The van der Waals surface area contributed by atoms with Gasteiger partial charge in [0.2, 0.25) is 5.91 Å². The lowest BCUT2D eigenvalue weighted by molar-refractivity contribution is -0.118.